The zero-order valence-corrected chi connectivity index (χ0v) is 16.8. The van der Waals surface area contributed by atoms with Gasteiger partial charge < -0.3 is 14.5 Å². The lowest BCUT2D eigenvalue weighted by Gasteiger charge is -2.35. The number of para-hydroxylation sites is 1. The number of piperazine rings is 1. The Morgan fingerprint density at radius 2 is 1.93 bits per heavy atom. The van der Waals surface area contributed by atoms with Crippen molar-refractivity contribution < 1.29 is 18.8 Å². The highest BCUT2D eigenvalue weighted by molar-refractivity contribution is 5.92. The first-order valence-electron chi connectivity index (χ1n) is 9.87. The molecule has 1 fully saturated rings. The van der Waals surface area contributed by atoms with Gasteiger partial charge in [0.1, 0.15) is 5.82 Å². The molecule has 0 bridgehead atoms. The van der Waals surface area contributed by atoms with Crippen LogP contribution >= 0.6 is 0 Å². The molecule has 0 N–H and O–H groups in total. The number of benzene rings is 2. The van der Waals surface area contributed by atoms with Gasteiger partial charge in [0.15, 0.2) is 5.75 Å². The molecule has 1 amide bonds. The second-order valence-electron chi connectivity index (χ2n) is 6.93. The molecule has 1 heterocycles. The lowest BCUT2D eigenvalue weighted by Crippen LogP contribution is -2.48. The Morgan fingerprint density at radius 3 is 2.60 bits per heavy atom. The maximum Gasteiger partial charge on any atom is 0.311 e. The van der Waals surface area contributed by atoms with Gasteiger partial charge in [0.05, 0.1) is 17.2 Å². The number of hydrogen-bond donors (Lipinski definition) is 0. The lowest BCUT2D eigenvalue weighted by molar-refractivity contribution is -0.385. The molecule has 1 aliphatic rings. The summed E-state index contributed by atoms with van der Waals surface area (Å²) in [5.41, 5.74) is 0.957. The smallest absolute Gasteiger partial charge is 0.311 e. The summed E-state index contributed by atoms with van der Waals surface area (Å²) in [6, 6.07) is 11.2. The van der Waals surface area contributed by atoms with E-state index >= 15 is 0 Å². The van der Waals surface area contributed by atoms with E-state index in [1.54, 1.807) is 41.3 Å². The van der Waals surface area contributed by atoms with Crippen molar-refractivity contribution >= 4 is 23.4 Å². The fourth-order valence-corrected chi connectivity index (χ4v) is 3.26. The van der Waals surface area contributed by atoms with E-state index in [9.17, 15) is 19.3 Å². The van der Waals surface area contributed by atoms with Crippen LogP contribution in [0.2, 0.25) is 0 Å². The van der Waals surface area contributed by atoms with Gasteiger partial charge >= 0.3 is 5.69 Å². The van der Waals surface area contributed by atoms with Crippen molar-refractivity contribution in [2.75, 3.05) is 37.7 Å². The van der Waals surface area contributed by atoms with Crippen LogP contribution in [-0.4, -0.2) is 48.5 Å². The normalized spacial score (nSPS) is 14.2. The van der Waals surface area contributed by atoms with E-state index in [1.165, 1.54) is 18.2 Å². The number of nitrogens with zero attached hydrogens (tertiary/aromatic N) is 3. The first kappa shape index (κ1) is 21.3. The summed E-state index contributed by atoms with van der Waals surface area (Å²) in [6.07, 6.45) is 3.71. The van der Waals surface area contributed by atoms with Crippen LogP contribution in [0.1, 0.15) is 18.9 Å². The molecule has 1 aliphatic heterocycles. The number of amides is 1. The van der Waals surface area contributed by atoms with Crippen LogP contribution < -0.4 is 9.64 Å². The first-order chi connectivity index (χ1) is 14.5. The fraction of sp³-hybridized carbons (Fsp3) is 0.318. The van der Waals surface area contributed by atoms with Crippen LogP contribution in [0.4, 0.5) is 15.8 Å². The number of rotatable bonds is 7. The SMILES string of the molecule is CCCOc1ccc(/C=C/C(=O)N2CCN(c3ccccc3F)CC2)cc1[N+](=O)[O-]. The Morgan fingerprint density at radius 1 is 1.20 bits per heavy atom. The molecule has 30 heavy (non-hydrogen) atoms. The van der Waals surface area contributed by atoms with Gasteiger partial charge in [-0.1, -0.05) is 25.1 Å². The zero-order chi connectivity index (χ0) is 21.5. The quantitative estimate of drug-likeness (QED) is 0.391. The van der Waals surface area contributed by atoms with Gasteiger partial charge in [-0.15, -0.1) is 0 Å². The summed E-state index contributed by atoms with van der Waals surface area (Å²) in [5, 5.41) is 11.3. The highest BCUT2D eigenvalue weighted by Crippen LogP contribution is 2.28. The third-order valence-corrected chi connectivity index (χ3v) is 4.84. The summed E-state index contributed by atoms with van der Waals surface area (Å²) in [6.45, 7) is 4.34. The third-order valence-electron chi connectivity index (χ3n) is 4.84. The van der Waals surface area contributed by atoms with Crippen LogP contribution in [0.5, 0.6) is 5.75 Å². The third kappa shape index (κ3) is 5.14. The van der Waals surface area contributed by atoms with Crippen molar-refractivity contribution in [2.24, 2.45) is 0 Å². The summed E-state index contributed by atoms with van der Waals surface area (Å²) in [7, 11) is 0. The van der Waals surface area contributed by atoms with E-state index < -0.39 is 4.92 Å². The lowest BCUT2D eigenvalue weighted by atomic mass is 10.1. The number of nitro benzene ring substituents is 1. The molecule has 158 valence electrons. The molecule has 3 rings (SSSR count). The largest absolute Gasteiger partial charge is 0.487 e. The van der Waals surface area contributed by atoms with E-state index in [-0.39, 0.29) is 23.2 Å². The van der Waals surface area contributed by atoms with Crippen LogP contribution in [0.15, 0.2) is 48.5 Å². The molecule has 2 aromatic rings. The zero-order valence-electron chi connectivity index (χ0n) is 16.8. The van der Waals surface area contributed by atoms with Gasteiger partial charge in [-0.25, -0.2) is 4.39 Å². The van der Waals surface area contributed by atoms with Crippen LogP contribution in [0.25, 0.3) is 6.08 Å². The number of ether oxygens (including phenoxy) is 1. The van der Waals surface area contributed by atoms with E-state index in [0.717, 1.165) is 6.42 Å². The van der Waals surface area contributed by atoms with Crippen molar-refractivity contribution in [3.05, 3.63) is 70.0 Å². The number of hydrogen-bond acceptors (Lipinski definition) is 5. The van der Waals surface area contributed by atoms with Gasteiger partial charge in [-0.2, -0.15) is 0 Å². The molecule has 0 unspecified atom stereocenters. The molecule has 0 atom stereocenters. The minimum Gasteiger partial charge on any atom is -0.487 e. The van der Waals surface area contributed by atoms with Gasteiger partial charge in [0, 0.05) is 38.3 Å². The predicted octanol–water partition coefficient (Wildman–Crippen LogP) is 3.88. The number of nitro groups is 1. The van der Waals surface area contributed by atoms with Crippen molar-refractivity contribution in [3.63, 3.8) is 0 Å². The van der Waals surface area contributed by atoms with Crippen molar-refractivity contribution in [3.8, 4) is 5.75 Å². The van der Waals surface area contributed by atoms with Crippen LogP contribution in [0, 0.1) is 15.9 Å². The Bertz CT molecular complexity index is 940. The molecule has 0 spiro atoms. The highest BCUT2D eigenvalue weighted by atomic mass is 19.1. The van der Waals surface area contributed by atoms with Crippen molar-refractivity contribution in [2.45, 2.75) is 13.3 Å². The van der Waals surface area contributed by atoms with Crippen molar-refractivity contribution in [1.82, 2.24) is 4.90 Å². The monoisotopic (exact) mass is 413 g/mol. The van der Waals surface area contributed by atoms with E-state index in [0.29, 0.717) is 44.0 Å². The molecule has 7 nitrogen and oxygen atoms in total. The Labute approximate surface area is 174 Å². The maximum absolute atomic E-state index is 13.9. The molecule has 2 aromatic carbocycles. The van der Waals surface area contributed by atoms with Gasteiger partial charge in [0.25, 0.3) is 0 Å². The molecule has 0 aliphatic carbocycles. The predicted molar refractivity (Wildman–Crippen MR) is 113 cm³/mol. The minimum atomic E-state index is -0.494. The standard InChI is InChI=1S/C22H24FN3O4/c1-2-15-30-21-9-7-17(16-20(21)26(28)29)8-10-22(27)25-13-11-24(12-14-25)19-6-4-3-5-18(19)23/h3-10,16H,2,11-15H2,1H3/b10-8+. The number of carbonyl (C=O) groups is 1. The van der Waals surface area contributed by atoms with E-state index in [4.69, 9.17) is 4.74 Å². The Kier molecular flexibility index (Phi) is 7.00. The molecule has 0 saturated carbocycles. The van der Waals surface area contributed by atoms with Gasteiger partial charge in [-0.3, -0.25) is 14.9 Å². The second kappa shape index (κ2) is 9.87. The second-order valence-corrected chi connectivity index (χ2v) is 6.93. The Hall–Kier alpha value is -3.42. The van der Waals surface area contributed by atoms with Crippen molar-refractivity contribution in [1.29, 1.82) is 0 Å². The molecular formula is C22H24FN3O4. The topological polar surface area (TPSA) is 75.9 Å². The van der Waals surface area contributed by atoms with Crippen LogP contribution in [-0.2, 0) is 4.79 Å². The molecular weight excluding hydrogens is 389 g/mol. The summed E-state index contributed by atoms with van der Waals surface area (Å²) >= 11 is 0. The average Bonchev–Trinajstić information content (AvgIpc) is 2.76. The molecule has 0 aromatic heterocycles. The number of halogens is 1. The molecule has 1 saturated heterocycles. The molecule has 0 radical (unpaired) electrons. The van der Waals surface area contributed by atoms with Crippen LogP contribution in [0.3, 0.4) is 0 Å². The van der Waals surface area contributed by atoms with E-state index in [1.807, 2.05) is 11.8 Å². The first-order valence-corrected chi connectivity index (χ1v) is 9.87. The summed E-state index contributed by atoms with van der Waals surface area (Å²) < 4.78 is 19.3. The highest BCUT2D eigenvalue weighted by Gasteiger charge is 2.21. The Balaban J connectivity index is 1.62. The average molecular weight is 413 g/mol. The van der Waals surface area contributed by atoms with Gasteiger partial charge in [0.2, 0.25) is 5.91 Å². The number of anilines is 1. The molecule has 8 heteroatoms. The minimum absolute atomic E-state index is 0.128. The maximum atomic E-state index is 13.9. The summed E-state index contributed by atoms with van der Waals surface area (Å²) in [4.78, 5) is 26.9. The van der Waals surface area contributed by atoms with Gasteiger partial charge in [-0.05, 0) is 36.3 Å². The van der Waals surface area contributed by atoms with E-state index in [2.05, 4.69) is 0 Å². The fourth-order valence-electron chi connectivity index (χ4n) is 3.26. The number of carbonyl (C=O) groups excluding carboxylic acids is 1. The summed E-state index contributed by atoms with van der Waals surface area (Å²) in [5.74, 6) is -0.239.